The van der Waals surface area contributed by atoms with Crippen molar-refractivity contribution in [3.63, 3.8) is 0 Å². The van der Waals surface area contributed by atoms with Gasteiger partial charge < -0.3 is 15.4 Å². The molecule has 3 N–H and O–H groups in total. The van der Waals surface area contributed by atoms with Gasteiger partial charge in [0.1, 0.15) is 6.04 Å². The summed E-state index contributed by atoms with van der Waals surface area (Å²) in [5.41, 5.74) is 0.736. The number of aromatic amines is 1. The molecule has 0 aromatic carbocycles. The van der Waals surface area contributed by atoms with Crippen LogP contribution in [0.25, 0.3) is 0 Å². The lowest BCUT2D eigenvalue weighted by molar-refractivity contribution is -0.139. The van der Waals surface area contributed by atoms with Gasteiger partial charge in [0.05, 0.1) is 16.9 Å². The third-order valence-corrected chi connectivity index (χ3v) is 2.92. The zero-order chi connectivity index (χ0) is 14.5. The number of halogens is 1. The Morgan fingerprint density at radius 1 is 1.40 bits per heavy atom. The molecule has 104 valence electrons. The highest BCUT2D eigenvalue weighted by atomic mass is 35.5. The van der Waals surface area contributed by atoms with Gasteiger partial charge in [-0.3, -0.25) is 9.78 Å². The number of pyridine rings is 1. The van der Waals surface area contributed by atoms with E-state index in [4.69, 9.17) is 16.7 Å². The van der Waals surface area contributed by atoms with Crippen molar-refractivity contribution in [3.05, 3.63) is 47.3 Å². The number of carboxylic acid groups (broad SMARTS) is 1. The van der Waals surface area contributed by atoms with Crippen molar-refractivity contribution in [1.29, 1.82) is 0 Å². The molecule has 0 aliphatic rings. The number of imidazole rings is 1. The standard InChI is InChI=1S/C12H11ClN4O3/c13-9-1-2-14-5-8(9)11(18)17-10(12(19)20)3-7-4-15-6-16-7/h1-2,4-6,10H,3H2,(H,15,16)(H,17,18)(H,19,20). The van der Waals surface area contributed by atoms with Crippen molar-refractivity contribution in [3.8, 4) is 0 Å². The Hall–Kier alpha value is -2.41. The minimum Gasteiger partial charge on any atom is -0.480 e. The number of amides is 1. The minimum atomic E-state index is -1.15. The summed E-state index contributed by atoms with van der Waals surface area (Å²) in [5.74, 6) is -1.73. The SMILES string of the molecule is O=C(NC(Cc1cnc[nH]1)C(=O)O)c1cnccc1Cl. The molecule has 0 aliphatic heterocycles. The average Bonchev–Trinajstić information content (AvgIpc) is 2.91. The van der Waals surface area contributed by atoms with Gasteiger partial charge in [-0.25, -0.2) is 9.78 Å². The van der Waals surface area contributed by atoms with E-state index in [2.05, 4.69) is 20.3 Å². The predicted octanol–water partition coefficient (Wildman–Crippen LogP) is 0.884. The molecule has 1 atom stereocenters. The molecular formula is C12H11ClN4O3. The number of carbonyl (C=O) groups is 2. The van der Waals surface area contributed by atoms with E-state index in [1.807, 2.05) is 0 Å². The number of carbonyl (C=O) groups excluding carboxylic acids is 1. The van der Waals surface area contributed by atoms with Gasteiger partial charge in [-0.15, -0.1) is 0 Å². The molecule has 2 aromatic heterocycles. The van der Waals surface area contributed by atoms with Crippen molar-refractivity contribution in [2.75, 3.05) is 0 Å². The van der Waals surface area contributed by atoms with E-state index in [9.17, 15) is 9.59 Å². The molecule has 2 rings (SSSR count). The second-order valence-electron chi connectivity index (χ2n) is 4.00. The normalized spacial score (nSPS) is 11.8. The van der Waals surface area contributed by atoms with Gasteiger partial charge in [-0.2, -0.15) is 0 Å². The number of carboxylic acids is 1. The van der Waals surface area contributed by atoms with Crippen LogP contribution in [0.15, 0.2) is 31.0 Å². The fourth-order valence-corrected chi connectivity index (χ4v) is 1.79. The van der Waals surface area contributed by atoms with Crippen LogP contribution in [0, 0.1) is 0 Å². The Labute approximate surface area is 119 Å². The summed E-state index contributed by atoms with van der Waals surface area (Å²) < 4.78 is 0. The Morgan fingerprint density at radius 2 is 2.20 bits per heavy atom. The summed E-state index contributed by atoms with van der Waals surface area (Å²) in [4.78, 5) is 33.5. The van der Waals surface area contributed by atoms with E-state index in [1.165, 1.54) is 31.0 Å². The molecule has 2 aromatic rings. The van der Waals surface area contributed by atoms with Crippen LogP contribution in [0.2, 0.25) is 5.02 Å². The van der Waals surface area contributed by atoms with Gasteiger partial charge in [-0.1, -0.05) is 11.6 Å². The third-order valence-electron chi connectivity index (χ3n) is 2.59. The first kappa shape index (κ1) is 14.0. The average molecular weight is 295 g/mol. The van der Waals surface area contributed by atoms with Crippen molar-refractivity contribution in [2.24, 2.45) is 0 Å². The molecule has 0 saturated carbocycles. The quantitative estimate of drug-likeness (QED) is 0.759. The summed E-state index contributed by atoms with van der Waals surface area (Å²) >= 11 is 5.86. The van der Waals surface area contributed by atoms with Crippen LogP contribution in [0.3, 0.4) is 0 Å². The van der Waals surface area contributed by atoms with Crippen molar-refractivity contribution >= 4 is 23.5 Å². The Balaban J connectivity index is 2.10. The summed E-state index contributed by atoms with van der Waals surface area (Å²) in [6, 6.07) is 0.375. The lowest BCUT2D eigenvalue weighted by Crippen LogP contribution is -2.42. The first-order valence-corrected chi connectivity index (χ1v) is 6.06. The van der Waals surface area contributed by atoms with Gasteiger partial charge in [0.25, 0.3) is 5.91 Å². The van der Waals surface area contributed by atoms with E-state index in [1.54, 1.807) is 0 Å². The number of nitrogens with one attached hydrogen (secondary N) is 2. The van der Waals surface area contributed by atoms with Gasteiger partial charge in [0.15, 0.2) is 0 Å². The van der Waals surface area contributed by atoms with E-state index in [0.29, 0.717) is 5.69 Å². The number of aliphatic carboxylic acids is 1. The number of H-pyrrole nitrogens is 1. The second kappa shape index (κ2) is 6.16. The third kappa shape index (κ3) is 3.33. The maximum atomic E-state index is 12.0. The smallest absolute Gasteiger partial charge is 0.326 e. The summed E-state index contributed by atoms with van der Waals surface area (Å²) in [7, 11) is 0. The van der Waals surface area contributed by atoms with Gasteiger partial charge in [0.2, 0.25) is 0 Å². The fraction of sp³-hybridized carbons (Fsp3) is 0.167. The van der Waals surface area contributed by atoms with Crippen LogP contribution in [0.4, 0.5) is 0 Å². The molecule has 7 nitrogen and oxygen atoms in total. The number of nitrogens with zero attached hydrogens (tertiary/aromatic N) is 2. The Kier molecular flexibility index (Phi) is 4.31. The topological polar surface area (TPSA) is 108 Å². The van der Waals surface area contributed by atoms with Crippen molar-refractivity contribution in [1.82, 2.24) is 20.3 Å². The second-order valence-corrected chi connectivity index (χ2v) is 4.41. The van der Waals surface area contributed by atoms with Crippen LogP contribution in [-0.2, 0) is 11.2 Å². The monoisotopic (exact) mass is 294 g/mol. The zero-order valence-corrected chi connectivity index (χ0v) is 11.0. The molecule has 2 heterocycles. The summed E-state index contributed by atoms with van der Waals surface area (Å²) in [6.07, 6.45) is 5.76. The Bertz CT molecular complexity index is 615. The van der Waals surface area contributed by atoms with Crippen molar-refractivity contribution < 1.29 is 14.7 Å². The minimum absolute atomic E-state index is 0.0962. The molecular weight excluding hydrogens is 284 g/mol. The molecule has 0 aliphatic carbocycles. The maximum absolute atomic E-state index is 12.0. The first-order chi connectivity index (χ1) is 9.58. The van der Waals surface area contributed by atoms with E-state index in [0.717, 1.165) is 0 Å². The highest BCUT2D eigenvalue weighted by Gasteiger charge is 2.22. The maximum Gasteiger partial charge on any atom is 0.326 e. The molecule has 20 heavy (non-hydrogen) atoms. The number of hydrogen-bond acceptors (Lipinski definition) is 4. The number of hydrogen-bond donors (Lipinski definition) is 3. The highest BCUT2D eigenvalue weighted by molar-refractivity contribution is 6.33. The van der Waals surface area contributed by atoms with Crippen LogP contribution >= 0.6 is 11.6 Å². The lowest BCUT2D eigenvalue weighted by atomic mass is 10.1. The zero-order valence-electron chi connectivity index (χ0n) is 10.2. The van der Waals surface area contributed by atoms with E-state index in [-0.39, 0.29) is 17.0 Å². The summed E-state index contributed by atoms with van der Waals surface area (Å²) in [6.45, 7) is 0. The number of rotatable bonds is 5. The molecule has 0 spiro atoms. The van der Waals surface area contributed by atoms with Crippen LogP contribution < -0.4 is 5.32 Å². The Morgan fingerprint density at radius 3 is 2.80 bits per heavy atom. The largest absolute Gasteiger partial charge is 0.480 e. The molecule has 0 radical (unpaired) electrons. The highest BCUT2D eigenvalue weighted by Crippen LogP contribution is 2.13. The van der Waals surface area contributed by atoms with Gasteiger partial charge >= 0.3 is 5.97 Å². The molecule has 8 heteroatoms. The molecule has 0 bridgehead atoms. The summed E-state index contributed by atoms with van der Waals surface area (Å²) in [5, 5.41) is 11.8. The molecule has 1 amide bonds. The first-order valence-electron chi connectivity index (χ1n) is 5.68. The van der Waals surface area contributed by atoms with Crippen LogP contribution in [0.5, 0.6) is 0 Å². The van der Waals surface area contributed by atoms with Crippen LogP contribution in [-0.4, -0.2) is 38.0 Å². The van der Waals surface area contributed by atoms with E-state index < -0.39 is 17.9 Å². The van der Waals surface area contributed by atoms with Crippen molar-refractivity contribution in [2.45, 2.75) is 12.5 Å². The van der Waals surface area contributed by atoms with Gasteiger partial charge in [-0.05, 0) is 6.07 Å². The van der Waals surface area contributed by atoms with E-state index >= 15 is 0 Å². The predicted molar refractivity (Wildman–Crippen MR) is 70.4 cm³/mol. The van der Waals surface area contributed by atoms with Gasteiger partial charge in [0, 0.05) is 30.7 Å². The molecule has 1 unspecified atom stereocenters. The molecule has 0 fully saturated rings. The number of aromatic nitrogens is 3. The van der Waals surface area contributed by atoms with Crippen LogP contribution in [0.1, 0.15) is 16.1 Å². The molecule has 0 saturated heterocycles. The fourth-order valence-electron chi connectivity index (χ4n) is 1.60. The lowest BCUT2D eigenvalue weighted by Gasteiger charge is -2.14.